The van der Waals surface area contributed by atoms with Crippen LogP contribution in [0.2, 0.25) is 0 Å². The van der Waals surface area contributed by atoms with Crippen molar-refractivity contribution in [3.63, 3.8) is 0 Å². The molecular formula is C9H18N3+. The van der Waals surface area contributed by atoms with Gasteiger partial charge in [0.25, 0.3) is 5.82 Å². The van der Waals surface area contributed by atoms with E-state index in [1.807, 2.05) is 0 Å². The molecule has 3 heteroatoms. The maximum Gasteiger partial charge on any atom is 0.251 e. The van der Waals surface area contributed by atoms with E-state index in [0.29, 0.717) is 0 Å². The number of likely N-dealkylation sites (N-methyl/N-ethyl adjacent to an activating group) is 1. The number of aryl methyl sites for hydroxylation is 1. The van der Waals surface area contributed by atoms with Crippen molar-refractivity contribution in [1.82, 2.24) is 9.88 Å². The Kier molecular flexibility index (Phi) is 2.87. The smallest absolute Gasteiger partial charge is 0.251 e. The zero-order chi connectivity index (χ0) is 9.14. The van der Waals surface area contributed by atoms with Crippen LogP contribution in [0.3, 0.4) is 0 Å². The minimum absolute atomic E-state index is 1.10. The fourth-order valence-corrected chi connectivity index (χ4v) is 1.17. The van der Waals surface area contributed by atoms with Crippen LogP contribution in [0, 0.1) is 6.92 Å². The minimum Gasteiger partial charge on any atom is -0.309 e. The molecule has 0 bridgehead atoms. The van der Waals surface area contributed by atoms with Crippen LogP contribution in [0.4, 0.5) is 0 Å². The quantitative estimate of drug-likeness (QED) is 0.642. The standard InChI is InChI=1S/C9H17N3/c1-8-10-7-9(12(8)4)5-6-11(2)3/h7H,5-6H2,1-4H3/p+1. The molecule has 0 saturated carbocycles. The SMILES string of the molecule is Cc1[nH]cc(CCN(C)C)[n+]1C. The van der Waals surface area contributed by atoms with Gasteiger partial charge in [0.2, 0.25) is 0 Å². The molecule has 0 aliphatic carbocycles. The predicted molar refractivity (Wildman–Crippen MR) is 49.0 cm³/mol. The van der Waals surface area contributed by atoms with Crippen molar-refractivity contribution in [2.24, 2.45) is 7.05 Å². The van der Waals surface area contributed by atoms with Gasteiger partial charge in [-0.05, 0) is 14.1 Å². The van der Waals surface area contributed by atoms with Crippen LogP contribution in [0.1, 0.15) is 11.5 Å². The third kappa shape index (κ3) is 2.08. The molecule has 68 valence electrons. The average Bonchev–Trinajstić information content (AvgIpc) is 2.30. The molecule has 0 amide bonds. The summed E-state index contributed by atoms with van der Waals surface area (Å²) in [5, 5.41) is 0. The Balaban J connectivity index is 2.58. The van der Waals surface area contributed by atoms with E-state index in [-0.39, 0.29) is 0 Å². The van der Waals surface area contributed by atoms with E-state index < -0.39 is 0 Å². The number of H-pyrrole nitrogens is 1. The molecule has 0 atom stereocenters. The number of hydrogen-bond acceptors (Lipinski definition) is 1. The first-order chi connectivity index (χ1) is 5.61. The Morgan fingerprint density at radius 3 is 2.58 bits per heavy atom. The minimum atomic E-state index is 1.10. The second kappa shape index (κ2) is 3.72. The number of aromatic amines is 1. The van der Waals surface area contributed by atoms with Gasteiger partial charge in [0, 0.05) is 19.9 Å². The van der Waals surface area contributed by atoms with Crippen LogP contribution in [-0.2, 0) is 13.5 Å². The molecule has 12 heavy (non-hydrogen) atoms. The molecule has 0 aliphatic heterocycles. The van der Waals surface area contributed by atoms with E-state index in [1.165, 1.54) is 11.5 Å². The van der Waals surface area contributed by atoms with Crippen molar-refractivity contribution < 1.29 is 4.57 Å². The first-order valence-electron chi connectivity index (χ1n) is 4.29. The molecule has 1 aromatic heterocycles. The molecule has 1 aromatic rings. The van der Waals surface area contributed by atoms with E-state index in [0.717, 1.165) is 13.0 Å². The highest BCUT2D eigenvalue weighted by Crippen LogP contribution is 1.94. The number of nitrogens with zero attached hydrogens (tertiary/aromatic N) is 2. The van der Waals surface area contributed by atoms with Gasteiger partial charge in [-0.15, -0.1) is 0 Å². The normalized spacial score (nSPS) is 11.1. The fraction of sp³-hybridized carbons (Fsp3) is 0.667. The number of nitrogens with one attached hydrogen (secondary N) is 1. The Morgan fingerprint density at radius 1 is 1.50 bits per heavy atom. The maximum atomic E-state index is 3.21. The second-order valence-corrected chi connectivity index (χ2v) is 3.48. The summed E-state index contributed by atoms with van der Waals surface area (Å²) in [4.78, 5) is 5.40. The van der Waals surface area contributed by atoms with Gasteiger partial charge in [-0.2, -0.15) is 0 Å². The van der Waals surface area contributed by atoms with Crippen LogP contribution < -0.4 is 4.57 Å². The lowest BCUT2D eigenvalue weighted by Gasteiger charge is -2.06. The van der Waals surface area contributed by atoms with Gasteiger partial charge in [-0.25, -0.2) is 9.55 Å². The van der Waals surface area contributed by atoms with Crippen molar-refractivity contribution in [1.29, 1.82) is 0 Å². The van der Waals surface area contributed by atoms with Gasteiger partial charge in [-0.1, -0.05) is 0 Å². The van der Waals surface area contributed by atoms with Crippen LogP contribution in [0.5, 0.6) is 0 Å². The van der Waals surface area contributed by atoms with Crippen LogP contribution in [0.25, 0.3) is 0 Å². The van der Waals surface area contributed by atoms with Crippen molar-refractivity contribution in [2.45, 2.75) is 13.3 Å². The molecule has 0 saturated heterocycles. The summed E-state index contributed by atoms with van der Waals surface area (Å²) < 4.78 is 2.20. The summed E-state index contributed by atoms with van der Waals surface area (Å²) in [5.74, 6) is 1.21. The molecular weight excluding hydrogens is 150 g/mol. The Morgan fingerprint density at radius 2 is 2.17 bits per heavy atom. The van der Waals surface area contributed by atoms with Crippen LogP contribution in [-0.4, -0.2) is 30.5 Å². The second-order valence-electron chi connectivity index (χ2n) is 3.48. The molecule has 0 aliphatic rings. The first-order valence-corrected chi connectivity index (χ1v) is 4.29. The lowest BCUT2D eigenvalue weighted by molar-refractivity contribution is -0.683. The highest BCUT2D eigenvalue weighted by molar-refractivity contribution is 4.90. The van der Waals surface area contributed by atoms with Crippen molar-refractivity contribution in [2.75, 3.05) is 20.6 Å². The van der Waals surface area contributed by atoms with Crippen LogP contribution >= 0.6 is 0 Å². The Bertz CT molecular complexity index is 250. The highest BCUT2D eigenvalue weighted by Gasteiger charge is 2.08. The van der Waals surface area contributed by atoms with E-state index in [4.69, 9.17) is 0 Å². The summed E-state index contributed by atoms with van der Waals surface area (Å²) in [6.07, 6.45) is 3.19. The largest absolute Gasteiger partial charge is 0.309 e. The van der Waals surface area contributed by atoms with E-state index in [1.54, 1.807) is 0 Å². The van der Waals surface area contributed by atoms with Crippen molar-refractivity contribution in [3.8, 4) is 0 Å². The first kappa shape index (κ1) is 9.26. The van der Waals surface area contributed by atoms with Gasteiger partial charge >= 0.3 is 0 Å². The van der Waals surface area contributed by atoms with E-state index in [2.05, 4.69) is 48.7 Å². The summed E-state index contributed by atoms with van der Waals surface area (Å²) in [6.45, 7) is 3.18. The van der Waals surface area contributed by atoms with Crippen molar-refractivity contribution in [3.05, 3.63) is 17.7 Å². The monoisotopic (exact) mass is 168 g/mol. The maximum absolute atomic E-state index is 3.21. The number of imidazole rings is 1. The molecule has 0 fully saturated rings. The van der Waals surface area contributed by atoms with Crippen LogP contribution in [0.15, 0.2) is 6.20 Å². The summed E-state index contributed by atoms with van der Waals surface area (Å²) in [5.41, 5.74) is 1.36. The molecule has 0 aromatic carbocycles. The zero-order valence-electron chi connectivity index (χ0n) is 8.39. The molecule has 1 N–H and O–H groups in total. The number of rotatable bonds is 3. The van der Waals surface area contributed by atoms with Gasteiger partial charge in [0.1, 0.15) is 11.9 Å². The van der Waals surface area contributed by atoms with E-state index >= 15 is 0 Å². The molecule has 3 nitrogen and oxygen atoms in total. The highest BCUT2D eigenvalue weighted by atomic mass is 15.1. The Hall–Kier alpha value is -0.830. The summed E-state index contributed by atoms with van der Waals surface area (Å²) in [6, 6.07) is 0. The Labute approximate surface area is 74.0 Å². The van der Waals surface area contributed by atoms with Gasteiger partial charge in [-0.3, -0.25) is 0 Å². The number of hydrogen-bond donors (Lipinski definition) is 1. The molecule has 0 unspecified atom stereocenters. The van der Waals surface area contributed by atoms with Gasteiger partial charge in [0.05, 0.1) is 7.05 Å². The summed E-state index contributed by atoms with van der Waals surface area (Å²) in [7, 11) is 6.29. The van der Waals surface area contributed by atoms with Gasteiger partial charge in [0.15, 0.2) is 0 Å². The van der Waals surface area contributed by atoms with E-state index in [9.17, 15) is 0 Å². The zero-order valence-corrected chi connectivity index (χ0v) is 8.39. The lowest BCUT2D eigenvalue weighted by Crippen LogP contribution is -2.35. The lowest BCUT2D eigenvalue weighted by atomic mass is 10.3. The topological polar surface area (TPSA) is 22.9 Å². The third-order valence-electron chi connectivity index (χ3n) is 2.20. The molecule has 1 heterocycles. The third-order valence-corrected chi connectivity index (χ3v) is 2.20. The molecule has 0 spiro atoms. The molecule has 0 radical (unpaired) electrons. The van der Waals surface area contributed by atoms with Gasteiger partial charge < -0.3 is 4.90 Å². The molecule has 1 rings (SSSR count). The fourth-order valence-electron chi connectivity index (χ4n) is 1.17. The average molecular weight is 168 g/mol. The number of aromatic nitrogens is 2. The predicted octanol–water partition coefficient (Wildman–Crippen LogP) is 0.252. The summed E-state index contributed by atoms with van der Waals surface area (Å²) >= 11 is 0. The van der Waals surface area contributed by atoms with Crippen molar-refractivity contribution >= 4 is 0 Å².